The van der Waals surface area contributed by atoms with Crippen LogP contribution in [0.2, 0.25) is 0 Å². The second kappa shape index (κ2) is 9.44. The molecule has 4 rings (SSSR count). The fourth-order valence-corrected chi connectivity index (χ4v) is 3.34. The topological polar surface area (TPSA) is 81.5 Å². The predicted octanol–water partition coefficient (Wildman–Crippen LogP) is 3.34. The minimum Gasteiger partial charge on any atom is -0.451 e. The molecule has 4 aromatic rings. The number of aromatic nitrogens is 2. The van der Waals surface area contributed by atoms with Crippen molar-refractivity contribution in [3.8, 4) is 5.69 Å². The van der Waals surface area contributed by atoms with E-state index in [1.54, 1.807) is 73.8 Å². The number of para-hydroxylation sites is 1. The summed E-state index contributed by atoms with van der Waals surface area (Å²) < 4.78 is 19.4. The van der Waals surface area contributed by atoms with Crippen molar-refractivity contribution in [3.05, 3.63) is 106 Å². The molecule has 0 aliphatic carbocycles. The lowest BCUT2D eigenvalue weighted by Gasteiger charge is -2.17. The predicted molar refractivity (Wildman–Crippen MR) is 120 cm³/mol. The molecule has 0 atom stereocenters. The monoisotopic (exact) mass is 445 g/mol. The van der Waals surface area contributed by atoms with Crippen LogP contribution in [0.15, 0.2) is 83.7 Å². The van der Waals surface area contributed by atoms with Gasteiger partial charge in [-0.05, 0) is 35.9 Å². The van der Waals surface area contributed by atoms with E-state index in [0.29, 0.717) is 16.5 Å². The van der Waals surface area contributed by atoms with Gasteiger partial charge < -0.3 is 9.64 Å². The van der Waals surface area contributed by atoms with E-state index in [1.165, 1.54) is 17.0 Å². The SMILES string of the molecule is CN(Cc1ccc(F)cc1)C(=O)COC(=O)c1nn(-c2ccccc2)c(=O)c2ccccc12. The fraction of sp³-hybridized carbons (Fsp3) is 0.120. The molecule has 0 N–H and O–H groups in total. The largest absolute Gasteiger partial charge is 0.451 e. The van der Waals surface area contributed by atoms with Crippen molar-refractivity contribution < 1.29 is 18.7 Å². The average Bonchev–Trinajstić information content (AvgIpc) is 2.84. The molecule has 0 aliphatic heterocycles. The minimum atomic E-state index is -0.820. The molecule has 0 saturated heterocycles. The number of nitrogens with zero attached hydrogens (tertiary/aromatic N) is 3. The van der Waals surface area contributed by atoms with Gasteiger partial charge in [-0.2, -0.15) is 9.78 Å². The third-order valence-corrected chi connectivity index (χ3v) is 5.08. The van der Waals surface area contributed by atoms with E-state index in [4.69, 9.17) is 4.74 Å². The first-order valence-corrected chi connectivity index (χ1v) is 10.2. The highest BCUT2D eigenvalue weighted by Gasteiger charge is 2.20. The van der Waals surface area contributed by atoms with Crippen LogP contribution < -0.4 is 5.56 Å². The zero-order chi connectivity index (χ0) is 23.4. The van der Waals surface area contributed by atoms with Crippen LogP contribution in [-0.2, 0) is 16.1 Å². The van der Waals surface area contributed by atoms with E-state index >= 15 is 0 Å². The lowest BCUT2D eigenvalue weighted by Crippen LogP contribution is -2.31. The van der Waals surface area contributed by atoms with Crippen molar-refractivity contribution in [2.24, 2.45) is 0 Å². The quantitative estimate of drug-likeness (QED) is 0.425. The lowest BCUT2D eigenvalue weighted by molar-refractivity contribution is -0.133. The number of rotatable bonds is 6. The molecule has 1 aromatic heterocycles. The summed E-state index contributed by atoms with van der Waals surface area (Å²) in [4.78, 5) is 39.6. The summed E-state index contributed by atoms with van der Waals surface area (Å²) in [5.41, 5.74) is 0.796. The maximum absolute atomic E-state index is 13.1. The van der Waals surface area contributed by atoms with Crippen molar-refractivity contribution in [2.75, 3.05) is 13.7 Å². The Kier molecular flexibility index (Phi) is 6.26. The number of halogens is 1. The number of esters is 1. The Bertz CT molecular complexity index is 1370. The Balaban J connectivity index is 1.55. The van der Waals surface area contributed by atoms with Gasteiger partial charge in [0.2, 0.25) is 0 Å². The molecule has 3 aromatic carbocycles. The zero-order valence-electron chi connectivity index (χ0n) is 17.8. The molecule has 166 valence electrons. The van der Waals surface area contributed by atoms with E-state index in [1.807, 2.05) is 0 Å². The molecule has 8 heteroatoms. The normalized spacial score (nSPS) is 10.7. The maximum atomic E-state index is 13.1. The number of hydrogen-bond acceptors (Lipinski definition) is 5. The highest BCUT2D eigenvalue weighted by molar-refractivity contribution is 6.02. The van der Waals surface area contributed by atoms with Crippen LogP contribution in [0, 0.1) is 5.82 Å². The average molecular weight is 445 g/mol. The summed E-state index contributed by atoms with van der Waals surface area (Å²) in [5, 5.41) is 4.89. The van der Waals surface area contributed by atoms with Crippen LogP contribution in [-0.4, -0.2) is 40.2 Å². The van der Waals surface area contributed by atoms with Gasteiger partial charge in [0.1, 0.15) is 5.82 Å². The van der Waals surface area contributed by atoms with Crippen molar-refractivity contribution in [1.29, 1.82) is 0 Å². The molecular weight excluding hydrogens is 425 g/mol. The Morgan fingerprint density at radius 2 is 1.58 bits per heavy atom. The molecule has 0 fully saturated rings. The second-order valence-corrected chi connectivity index (χ2v) is 7.40. The second-order valence-electron chi connectivity index (χ2n) is 7.40. The summed E-state index contributed by atoms with van der Waals surface area (Å²) in [7, 11) is 1.56. The molecule has 0 spiro atoms. The van der Waals surface area contributed by atoms with Crippen molar-refractivity contribution in [3.63, 3.8) is 0 Å². The molecule has 0 radical (unpaired) electrons. The number of hydrogen-bond donors (Lipinski definition) is 0. The summed E-state index contributed by atoms with van der Waals surface area (Å²) >= 11 is 0. The number of likely N-dealkylation sites (N-methyl/N-ethyl adjacent to an activating group) is 1. The first-order chi connectivity index (χ1) is 15.9. The number of carbonyl (C=O) groups excluding carboxylic acids is 2. The molecule has 0 bridgehead atoms. The van der Waals surface area contributed by atoms with Crippen LogP contribution in [0.5, 0.6) is 0 Å². The van der Waals surface area contributed by atoms with Crippen molar-refractivity contribution in [1.82, 2.24) is 14.7 Å². The van der Waals surface area contributed by atoms with E-state index < -0.39 is 18.5 Å². The summed E-state index contributed by atoms with van der Waals surface area (Å²) in [6.07, 6.45) is 0. The van der Waals surface area contributed by atoms with Crippen molar-refractivity contribution >= 4 is 22.6 Å². The maximum Gasteiger partial charge on any atom is 0.359 e. The first kappa shape index (κ1) is 21.9. The molecule has 0 aliphatic rings. The molecule has 33 heavy (non-hydrogen) atoms. The highest BCUT2D eigenvalue weighted by Crippen LogP contribution is 2.16. The van der Waals surface area contributed by atoms with E-state index in [2.05, 4.69) is 5.10 Å². The Morgan fingerprint density at radius 1 is 0.939 bits per heavy atom. The van der Waals surface area contributed by atoms with Crippen LogP contribution in [0.25, 0.3) is 16.5 Å². The number of fused-ring (bicyclic) bond motifs is 1. The number of amides is 1. The Labute approximate surface area is 188 Å². The van der Waals surface area contributed by atoms with Gasteiger partial charge in [-0.1, -0.05) is 48.5 Å². The third kappa shape index (κ3) is 4.79. The van der Waals surface area contributed by atoms with Gasteiger partial charge in [-0.15, -0.1) is 0 Å². The molecule has 0 unspecified atom stereocenters. The molecule has 7 nitrogen and oxygen atoms in total. The van der Waals surface area contributed by atoms with Crippen LogP contribution in [0.4, 0.5) is 4.39 Å². The third-order valence-electron chi connectivity index (χ3n) is 5.08. The van der Waals surface area contributed by atoms with Crippen molar-refractivity contribution in [2.45, 2.75) is 6.54 Å². The van der Waals surface area contributed by atoms with Gasteiger partial charge in [0.25, 0.3) is 11.5 Å². The standard InChI is InChI=1S/C25H20FN3O4/c1-28(15-17-11-13-18(26)14-12-17)22(30)16-33-25(32)23-20-9-5-6-10-21(20)24(31)29(27-23)19-7-3-2-4-8-19/h2-14H,15-16H2,1H3. The van der Waals surface area contributed by atoms with Gasteiger partial charge in [0.15, 0.2) is 12.3 Å². The fourth-order valence-electron chi connectivity index (χ4n) is 3.34. The summed E-state index contributed by atoms with van der Waals surface area (Å²) in [6, 6.07) is 21.1. The number of ether oxygens (including phenoxy) is 1. The van der Waals surface area contributed by atoms with Gasteiger partial charge in [-0.25, -0.2) is 9.18 Å². The van der Waals surface area contributed by atoms with Crippen LogP contribution in [0.1, 0.15) is 16.1 Å². The molecular formula is C25H20FN3O4. The lowest BCUT2D eigenvalue weighted by atomic mass is 10.1. The minimum absolute atomic E-state index is 0.0666. The zero-order valence-corrected chi connectivity index (χ0v) is 17.8. The van der Waals surface area contributed by atoms with Gasteiger partial charge in [0, 0.05) is 19.0 Å². The van der Waals surface area contributed by atoms with E-state index in [9.17, 15) is 18.8 Å². The van der Waals surface area contributed by atoms with Crippen LogP contribution in [0.3, 0.4) is 0 Å². The Hall–Kier alpha value is -4.33. The summed E-state index contributed by atoms with van der Waals surface area (Å²) in [5.74, 6) is -1.62. The number of carbonyl (C=O) groups is 2. The van der Waals surface area contributed by atoms with Gasteiger partial charge >= 0.3 is 5.97 Å². The highest BCUT2D eigenvalue weighted by atomic mass is 19.1. The van der Waals surface area contributed by atoms with E-state index in [-0.39, 0.29) is 23.6 Å². The van der Waals surface area contributed by atoms with E-state index in [0.717, 1.165) is 10.2 Å². The molecule has 0 saturated carbocycles. The molecule has 1 amide bonds. The smallest absolute Gasteiger partial charge is 0.359 e. The summed E-state index contributed by atoms with van der Waals surface area (Å²) in [6.45, 7) is -0.270. The number of benzene rings is 3. The first-order valence-electron chi connectivity index (χ1n) is 10.2. The molecule has 1 heterocycles. The van der Waals surface area contributed by atoms with Gasteiger partial charge in [0.05, 0.1) is 11.1 Å². The Morgan fingerprint density at radius 3 is 2.27 bits per heavy atom. The van der Waals surface area contributed by atoms with Crippen LogP contribution >= 0.6 is 0 Å². The van der Waals surface area contributed by atoms with Gasteiger partial charge in [-0.3, -0.25) is 9.59 Å².